The molecule has 6 heteroatoms. The standard InChI is InChI=1S/C19H31N3O2S/c1-16-12-17(2)14-22(13-16)19(20-3)21-10-7-11-25(23,24)15-18-8-5-4-6-9-18/h4-6,8-9,16-17H,7,10-15H2,1-3H3,(H,20,21). The van der Waals surface area contributed by atoms with Crippen molar-refractivity contribution in [3.63, 3.8) is 0 Å². The Morgan fingerprint density at radius 2 is 1.84 bits per heavy atom. The van der Waals surface area contributed by atoms with E-state index < -0.39 is 9.84 Å². The molecule has 0 radical (unpaired) electrons. The van der Waals surface area contributed by atoms with Gasteiger partial charge in [0, 0.05) is 26.7 Å². The number of nitrogens with zero attached hydrogens (tertiary/aromatic N) is 2. The molecule has 2 unspecified atom stereocenters. The Morgan fingerprint density at radius 3 is 2.44 bits per heavy atom. The van der Waals surface area contributed by atoms with Gasteiger partial charge < -0.3 is 10.2 Å². The summed E-state index contributed by atoms with van der Waals surface area (Å²) in [6, 6.07) is 9.36. The Morgan fingerprint density at radius 1 is 1.20 bits per heavy atom. The zero-order chi connectivity index (χ0) is 18.3. The average molecular weight is 366 g/mol. The van der Waals surface area contributed by atoms with Crippen molar-refractivity contribution in [3.8, 4) is 0 Å². The monoisotopic (exact) mass is 365 g/mol. The number of aliphatic imine (C=N–C) groups is 1. The molecule has 1 aromatic carbocycles. The van der Waals surface area contributed by atoms with Gasteiger partial charge in [0.15, 0.2) is 15.8 Å². The van der Waals surface area contributed by atoms with Crippen LogP contribution in [-0.4, -0.2) is 51.7 Å². The normalized spacial score (nSPS) is 22.0. The first-order valence-corrected chi connectivity index (χ1v) is 10.9. The maximum atomic E-state index is 12.2. The second-order valence-corrected chi connectivity index (χ2v) is 9.44. The molecule has 25 heavy (non-hydrogen) atoms. The zero-order valence-electron chi connectivity index (χ0n) is 15.6. The Hall–Kier alpha value is -1.56. The van der Waals surface area contributed by atoms with Crippen LogP contribution in [0.1, 0.15) is 32.3 Å². The number of rotatable bonds is 6. The summed E-state index contributed by atoms with van der Waals surface area (Å²) >= 11 is 0. The van der Waals surface area contributed by atoms with E-state index in [1.165, 1.54) is 6.42 Å². The molecular weight excluding hydrogens is 334 g/mol. The largest absolute Gasteiger partial charge is 0.356 e. The van der Waals surface area contributed by atoms with Gasteiger partial charge in [-0.15, -0.1) is 0 Å². The molecule has 1 saturated heterocycles. The summed E-state index contributed by atoms with van der Waals surface area (Å²) in [7, 11) is -1.29. The highest BCUT2D eigenvalue weighted by molar-refractivity contribution is 7.90. The number of guanidine groups is 1. The molecule has 0 saturated carbocycles. The van der Waals surface area contributed by atoms with Crippen molar-refractivity contribution in [2.24, 2.45) is 16.8 Å². The SMILES string of the molecule is CN=C(NCCCS(=O)(=O)Cc1ccccc1)N1CC(C)CC(C)C1. The highest BCUT2D eigenvalue weighted by Crippen LogP contribution is 2.20. The van der Waals surface area contributed by atoms with E-state index in [2.05, 4.69) is 29.1 Å². The van der Waals surface area contributed by atoms with Crippen LogP contribution < -0.4 is 5.32 Å². The quantitative estimate of drug-likeness (QED) is 0.478. The average Bonchev–Trinajstić information content (AvgIpc) is 2.54. The van der Waals surface area contributed by atoms with E-state index in [0.29, 0.717) is 24.8 Å². The molecule has 2 rings (SSSR count). The molecule has 0 bridgehead atoms. The molecule has 140 valence electrons. The van der Waals surface area contributed by atoms with Crippen molar-refractivity contribution >= 4 is 15.8 Å². The minimum Gasteiger partial charge on any atom is -0.356 e. The molecule has 2 atom stereocenters. The highest BCUT2D eigenvalue weighted by atomic mass is 32.2. The zero-order valence-corrected chi connectivity index (χ0v) is 16.4. The van der Waals surface area contributed by atoms with Gasteiger partial charge in [0.05, 0.1) is 11.5 Å². The van der Waals surface area contributed by atoms with Gasteiger partial charge in [0.1, 0.15) is 0 Å². The first kappa shape index (κ1) is 19.8. The second-order valence-electron chi connectivity index (χ2n) is 7.26. The molecule has 0 aromatic heterocycles. The first-order chi connectivity index (χ1) is 11.9. The van der Waals surface area contributed by atoms with E-state index >= 15 is 0 Å². The predicted octanol–water partition coefficient (Wildman–Crippen LogP) is 2.54. The fourth-order valence-electron chi connectivity index (χ4n) is 3.56. The van der Waals surface area contributed by atoms with E-state index in [-0.39, 0.29) is 11.5 Å². The van der Waals surface area contributed by atoms with Crippen LogP contribution in [0, 0.1) is 11.8 Å². The second kappa shape index (κ2) is 9.22. The Bertz CT molecular complexity index is 649. The van der Waals surface area contributed by atoms with Crippen LogP contribution in [0.25, 0.3) is 0 Å². The third kappa shape index (κ3) is 6.69. The number of benzene rings is 1. The molecule has 0 spiro atoms. The molecule has 0 amide bonds. The third-order valence-electron chi connectivity index (χ3n) is 4.52. The molecule has 5 nitrogen and oxygen atoms in total. The fourth-order valence-corrected chi connectivity index (χ4v) is 4.99. The molecular formula is C19H31N3O2S. The Kier molecular flexibility index (Phi) is 7.29. The van der Waals surface area contributed by atoms with Crippen LogP contribution in [-0.2, 0) is 15.6 Å². The molecule has 1 aliphatic heterocycles. The number of sulfone groups is 1. The topological polar surface area (TPSA) is 61.8 Å². The van der Waals surface area contributed by atoms with Crippen molar-refractivity contribution in [2.45, 2.75) is 32.4 Å². The predicted molar refractivity (Wildman–Crippen MR) is 104 cm³/mol. The van der Waals surface area contributed by atoms with Crippen LogP contribution in [0.15, 0.2) is 35.3 Å². The smallest absolute Gasteiger partial charge is 0.193 e. The van der Waals surface area contributed by atoms with Crippen molar-refractivity contribution < 1.29 is 8.42 Å². The summed E-state index contributed by atoms with van der Waals surface area (Å²) in [5.74, 6) is 2.52. The van der Waals surface area contributed by atoms with E-state index in [4.69, 9.17) is 0 Å². The molecule has 1 heterocycles. The third-order valence-corrected chi connectivity index (χ3v) is 6.21. The lowest BCUT2D eigenvalue weighted by Gasteiger charge is -2.37. The first-order valence-electron chi connectivity index (χ1n) is 9.09. The molecule has 1 N–H and O–H groups in total. The summed E-state index contributed by atoms with van der Waals surface area (Å²) in [5.41, 5.74) is 0.850. The summed E-state index contributed by atoms with van der Waals surface area (Å²) in [5, 5.41) is 3.33. The van der Waals surface area contributed by atoms with Crippen molar-refractivity contribution in [3.05, 3.63) is 35.9 Å². The molecule has 1 aromatic rings. The van der Waals surface area contributed by atoms with Gasteiger partial charge in [-0.2, -0.15) is 0 Å². The lowest BCUT2D eigenvalue weighted by atomic mass is 9.92. The van der Waals surface area contributed by atoms with E-state index in [1.54, 1.807) is 7.05 Å². The van der Waals surface area contributed by atoms with Gasteiger partial charge in [-0.25, -0.2) is 8.42 Å². The van der Waals surface area contributed by atoms with Crippen molar-refractivity contribution in [1.29, 1.82) is 0 Å². The van der Waals surface area contributed by atoms with Gasteiger partial charge in [0.25, 0.3) is 0 Å². The van der Waals surface area contributed by atoms with E-state index in [9.17, 15) is 8.42 Å². The number of likely N-dealkylation sites (tertiary alicyclic amines) is 1. The van der Waals surface area contributed by atoms with Crippen molar-refractivity contribution in [1.82, 2.24) is 10.2 Å². The van der Waals surface area contributed by atoms with Gasteiger partial charge in [-0.1, -0.05) is 44.2 Å². The van der Waals surface area contributed by atoms with Crippen LogP contribution in [0.4, 0.5) is 0 Å². The van der Waals surface area contributed by atoms with Gasteiger partial charge >= 0.3 is 0 Å². The summed E-state index contributed by atoms with van der Waals surface area (Å²) in [4.78, 5) is 6.65. The molecule has 0 aliphatic carbocycles. The highest BCUT2D eigenvalue weighted by Gasteiger charge is 2.23. The summed E-state index contributed by atoms with van der Waals surface area (Å²) < 4.78 is 24.5. The van der Waals surface area contributed by atoms with Crippen LogP contribution >= 0.6 is 0 Å². The number of hydrogen-bond donors (Lipinski definition) is 1. The van der Waals surface area contributed by atoms with Crippen LogP contribution in [0.2, 0.25) is 0 Å². The maximum Gasteiger partial charge on any atom is 0.193 e. The van der Waals surface area contributed by atoms with Gasteiger partial charge in [-0.3, -0.25) is 4.99 Å². The van der Waals surface area contributed by atoms with Gasteiger partial charge in [0.2, 0.25) is 0 Å². The van der Waals surface area contributed by atoms with E-state index in [1.807, 2.05) is 30.3 Å². The minimum absolute atomic E-state index is 0.115. The minimum atomic E-state index is -3.08. The Labute approximate surface area is 152 Å². The number of nitrogens with one attached hydrogen (secondary N) is 1. The lowest BCUT2D eigenvalue weighted by Crippen LogP contribution is -2.48. The molecule has 1 fully saturated rings. The van der Waals surface area contributed by atoms with Gasteiger partial charge in [-0.05, 0) is 30.2 Å². The Balaban J connectivity index is 1.77. The van der Waals surface area contributed by atoms with Crippen LogP contribution in [0.3, 0.4) is 0 Å². The fraction of sp³-hybridized carbons (Fsp3) is 0.632. The lowest BCUT2D eigenvalue weighted by molar-refractivity contribution is 0.208. The van der Waals surface area contributed by atoms with E-state index in [0.717, 1.165) is 24.6 Å². The number of hydrogen-bond acceptors (Lipinski definition) is 3. The number of piperidine rings is 1. The summed E-state index contributed by atoms with van der Waals surface area (Å²) in [6.45, 7) is 7.19. The molecule has 1 aliphatic rings. The van der Waals surface area contributed by atoms with Crippen molar-refractivity contribution in [2.75, 3.05) is 32.4 Å². The van der Waals surface area contributed by atoms with Crippen LogP contribution in [0.5, 0.6) is 0 Å². The maximum absolute atomic E-state index is 12.2. The summed E-state index contributed by atoms with van der Waals surface area (Å²) in [6.07, 6.45) is 1.85.